The van der Waals surface area contributed by atoms with Crippen molar-refractivity contribution in [3.63, 3.8) is 0 Å². The molecule has 0 aliphatic heterocycles. The van der Waals surface area contributed by atoms with Gasteiger partial charge in [-0.25, -0.2) is 4.79 Å². The molecule has 0 radical (unpaired) electrons. The summed E-state index contributed by atoms with van der Waals surface area (Å²) >= 11 is 0. The number of hydrogen-bond donors (Lipinski definition) is 2. The third-order valence-electron chi connectivity index (χ3n) is 5.14. The fourth-order valence-corrected chi connectivity index (χ4v) is 3.46. The first-order chi connectivity index (χ1) is 15.5. The Morgan fingerprint density at radius 3 is 2.41 bits per heavy atom. The summed E-state index contributed by atoms with van der Waals surface area (Å²) in [4.78, 5) is 24.5. The number of rotatable bonds is 7. The van der Waals surface area contributed by atoms with Crippen molar-refractivity contribution in [3.05, 3.63) is 101 Å². The molecule has 0 fully saturated rings. The highest BCUT2D eigenvalue weighted by atomic mass is 16.5. The molecule has 1 amide bonds. The molecule has 2 atom stereocenters. The van der Waals surface area contributed by atoms with Crippen molar-refractivity contribution in [2.45, 2.75) is 19.1 Å². The van der Waals surface area contributed by atoms with Gasteiger partial charge < -0.3 is 19.6 Å². The van der Waals surface area contributed by atoms with Crippen molar-refractivity contribution in [1.82, 2.24) is 5.32 Å². The first kappa shape index (κ1) is 21.3. The number of aliphatic hydroxyl groups excluding tert-OH is 1. The average molecular weight is 429 g/mol. The Hall–Kier alpha value is -3.90. The fourth-order valence-electron chi connectivity index (χ4n) is 3.46. The Balaban J connectivity index is 1.47. The summed E-state index contributed by atoms with van der Waals surface area (Å²) in [6.07, 6.45) is -1.61. The topological polar surface area (TPSA) is 88.8 Å². The fraction of sp³-hybridized carbons (Fsp3) is 0.154. The van der Waals surface area contributed by atoms with Crippen molar-refractivity contribution in [2.24, 2.45) is 0 Å². The van der Waals surface area contributed by atoms with Gasteiger partial charge in [0.15, 0.2) is 6.10 Å². The lowest BCUT2D eigenvalue weighted by Gasteiger charge is -2.17. The number of benzene rings is 3. The van der Waals surface area contributed by atoms with E-state index < -0.39 is 17.8 Å². The number of carbonyl (C=O) groups is 1. The molecule has 0 aliphatic carbocycles. The van der Waals surface area contributed by atoms with E-state index in [1.807, 2.05) is 48.5 Å². The van der Waals surface area contributed by atoms with Gasteiger partial charge in [0.2, 0.25) is 0 Å². The predicted octanol–water partition coefficient (Wildman–Crippen LogP) is 4.08. The third kappa shape index (κ3) is 4.87. The van der Waals surface area contributed by atoms with Gasteiger partial charge in [-0.2, -0.15) is 0 Å². The minimum atomic E-state index is -0.807. The van der Waals surface area contributed by atoms with E-state index in [0.29, 0.717) is 11.3 Å². The van der Waals surface area contributed by atoms with E-state index in [2.05, 4.69) is 5.32 Å². The summed E-state index contributed by atoms with van der Waals surface area (Å²) in [6, 6.07) is 25.3. The lowest BCUT2D eigenvalue weighted by Crippen LogP contribution is -2.38. The van der Waals surface area contributed by atoms with Crippen LogP contribution in [0.3, 0.4) is 0 Å². The molecule has 0 unspecified atom stereocenters. The lowest BCUT2D eigenvalue weighted by molar-refractivity contribution is -0.127. The summed E-state index contributed by atoms with van der Waals surface area (Å²) in [5, 5.41) is 13.7. The van der Waals surface area contributed by atoms with E-state index in [0.717, 1.165) is 22.1 Å². The zero-order valence-electron chi connectivity index (χ0n) is 17.5. The van der Waals surface area contributed by atoms with Gasteiger partial charge in [-0.05, 0) is 35.7 Å². The predicted molar refractivity (Wildman–Crippen MR) is 122 cm³/mol. The number of hydrogen-bond acceptors (Lipinski definition) is 5. The molecule has 6 nitrogen and oxygen atoms in total. The van der Waals surface area contributed by atoms with Crippen molar-refractivity contribution in [3.8, 4) is 16.9 Å². The smallest absolute Gasteiger partial charge is 0.336 e. The molecular weight excluding hydrogens is 406 g/mol. The van der Waals surface area contributed by atoms with Gasteiger partial charge in [0.25, 0.3) is 5.91 Å². The molecule has 0 bridgehead atoms. The number of ether oxygens (including phenoxy) is 1. The monoisotopic (exact) mass is 429 g/mol. The third-order valence-corrected chi connectivity index (χ3v) is 5.14. The molecule has 0 saturated carbocycles. The SMILES string of the molecule is C[C@@H](Oc1ccc2c(-c3ccccc3)cc(=O)oc2c1)C(=O)NC[C@@H](O)c1ccccc1. The van der Waals surface area contributed by atoms with Gasteiger partial charge in [-0.3, -0.25) is 4.79 Å². The number of amides is 1. The molecule has 162 valence electrons. The van der Waals surface area contributed by atoms with Crippen LogP contribution in [0.2, 0.25) is 0 Å². The maximum Gasteiger partial charge on any atom is 0.336 e. The summed E-state index contributed by atoms with van der Waals surface area (Å²) < 4.78 is 11.1. The van der Waals surface area contributed by atoms with E-state index in [4.69, 9.17) is 9.15 Å². The molecule has 0 saturated heterocycles. The second-order valence-electron chi connectivity index (χ2n) is 7.43. The first-order valence-electron chi connectivity index (χ1n) is 10.3. The number of aliphatic hydroxyl groups is 1. The van der Waals surface area contributed by atoms with E-state index in [1.165, 1.54) is 6.07 Å². The van der Waals surface area contributed by atoms with Crippen LogP contribution in [-0.2, 0) is 4.79 Å². The minimum Gasteiger partial charge on any atom is -0.481 e. The van der Waals surface area contributed by atoms with Crippen LogP contribution in [0.15, 0.2) is 94.1 Å². The van der Waals surface area contributed by atoms with E-state index in [1.54, 1.807) is 37.3 Å². The van der Waals surface area contributed by atoms with Crippen molar-refractivity contribution >= 4 is 16.9 Å². The lowest BCUT2D eigenvalue weighted by atomic mass is 10.0. The van der Waals surface area contributed by atoms with Gasteiger partial charge in [0, 0.05) is 24.1 Å². The maximum absolute atomic E-state index is 12.4. The first-order valence-corrected chi connectivity index (χ1v) is 10.3. The highest BCUT2D eigenvalue weighted by molar-refractivity contribution is 5.93. The van der Waals surface area contributed by atoms with Crippen LogP contribution in [-0.4, -0.2) is 23.7 Å². The van der Waals surface area contributed by atoms with Crippen LogP contribution in [0.5, 0.6) is 5.75 Å². The van der Waals surface area contributed by atoms with Crippen LogP contribution in [0.25, 0.3) is 22.1 Å². The molecule has 1 aromatic heterocycles. The molecule has 32 heavy (non-hydrogen) atoms. The molecule has 0 spiro atoms. The van der Waals surface area contributed by atoms with Crippen LogP contribution in [0, 0.1) is 0 Å². The Morgan fingerprint density at radius 1 is 1.00 bits per heavy atom. The average Bonchev–Trinajstić information content (AvgIpc) is 2.82. The van der Waals surface area contributed by atoms with Gasteiger partial charge in [0.1, 0.15) is 11.3 Å². The van der Waals surface area contributed by atoms with Gasteiger partial charge in [0.05, 0.1) is 6.10 Å². The highest BCUT2D eigenvalue weighted by Gasteiger charge is 2.17. The molecule has 1 heterocycles. The molecule has 4 rings (SSSR count). The summed E-state index contributed by atoms with van der Waals surface area (Å²) in [5.41, 5.74) is 2.31. The minimum absolute atomic E-state index is 0.0730. The molecule has 6 heteroatoms. The Bertz CT molecular complexity index is 1270. The van der Waals surface area contributed by atoms with Crippen LogP contribution < -0.4 is 15.7 Å². The molecular formula is C26H23NO5. The molecule has 2 N–H and O–H groups in total. The molecule has 0 aliphatic rings. The van der Waals surface area contributed by atoms with E-state index >= 15 is 0 Å². The van der Waals surface area contributed by atoms with Crippen LogP contribution >= 0.6 is 0 Å². The zero-order chi connectivity index (χ0) is 22.5. The van der Waals surface area contributed by atoms with Crippen LogP contribution in [0.4, 0.5) is 0 Å². The number of nitrogens with one attached hydrogen (secondary N) is 1. The van der Waals surface area contributed by atoms with E-state index in [9.17, 15) is 14.7 Å². The standard InChI is InChI=1S/C26H23NO5/c1-17(26(30)27-16-23(28)19-10-6-3-7-11-19)31-20-12-13-21-22(18-8-4-2-5-9-18)15-25(29)32-24(21)14-20/h2-15,17,23,28H,16H2,1H3,(H,27,30)/t17-,23-/m1/s1. The second kappa shape index (κ2) is 9.49. The maximum atomic E-state index is 12.4. The normalized spacial score (nSPS) is 12.8. The number of carbonyl (C=O) groups excluding carboxylic acids is 1. The summed E-state index contributed by atoms with van der Waals surface area (Å²) in [6.45, 7) is 1.69. The Kier molecular flexibility index (Phi) is 6.33. The second-order valence-corrected chi connectivity index (χ2v) is 7.43. The number of fused-ring (bicyclic) bond motifs is 1. The highest BCUT2D eigenvalue weighted by Crippen LogP contribution is 2.29. The summed E-state index contributed by atoms with van der Waals surface area (Å²) in [7, 11) is 0. The van der Waals surface area contributed by atoms with Crippen LogP contribution in [0.1, 0.15) is 18.6 Å². The van der Waals surface area contributed by atoms with Crippen molar-refractivity contribution in [2.75, 3.05) is 6.54 Å². The zero-order valence-corrected chi connectivity index (χ0v) is 17.5. The Morgan fingerprint density at radius 2 is 1.69 bits per heavy atom. The molecule has 4 aromatic rings. The van der Waals surface area contributed by atoms with Gasteiger partial charge in [-0.15, -0.1) is 0 Å². The van der Waals surface area contributed by atoms with Crippen molar-refractivity contribution in [1.29, 1.82) is 0 Å². The Labute approximate surface area is 185 Å². The van der Waals surface area contributed by atoms with E-state index in [-0.39, 0.29) is 12.5 Å². The molecule has 3 aromatic carbocycles. The van der Waals surface area contributed by atoms with Crippen molar-refractivity contribution < 1.29 is 19.1 Å². The summed E-state index contributed by atoms with van der Waals surface area (Å²) in [5.74, 6) is 0.0386. The quantitative estimate of drug-likeness (QED) is 0.432. The van der Waals surface area contributed by atoms with Gasteiger partial charge >= 0.3 is 5.63 Å². The van der Waals surface area contributed by atoms with Gasteiger partial charge in [-0.1, -0.05) is 60.7 Å². The largest absolute Gasteiger partial charge is 0.481 e.